The van der Waals surface area contributed by atoms with Crippen LogP contribution in [0.15, 0.2) is 29.8 Å². The van der Waals surface area contributed by atoms with Gasteiger partial charge in [0, 0.05) is 5.92 Å². The molecule has 0 spiro atoms. The lowest BCUT2D eigenvalue weighted by molar-refractivity contribution is -0.119. The second-order valence-electron chi connectivity index (χ2n) is 5.78. The second kappa shape index (κ2) is 5.28. The van der Waals surface area contributed by atoms with Crippen molar-refractivity contribution in [1.29, 1.82) is 0 Å². The third kappa shape index (κ3) is 2.63. The van der Waals surface area contributed by atoms with Gasteiger partial charge in [-0.25, -0.2) is 4.39 Å². The van der Waals surface area contributed by atoms with E-state index in [9.17, 15) is 9.18 Å². The molecule has 0 N–H and O–H groups in total. The Hall–Kier alpha value is -1.44. The van der Waals surface area contributed by atoms with Crippen molar-refractivity contribution in [2.75, 3.05) is 0 Å². The number of rotatable bonds is 2. The highest BCUT2D eigenvalue weighted by molar-refractivity contribution is 6.03. The minimum Gasteiger partial charge on any atom is -0.294 e. The first kappa shape index (κ1) is 12.6. The maximum atomic E-state index is 13.1. The van der Waals surface area contributed by atoms with Crippen LogP contribution in [0.2, 0.25) is 0 Å². The highest BCUT2D eigenvalue weighted by Crippen LogP contribution is 2.40. The summed E-state index contributed by atoms with van der Waals surface area (Å²) >= 11 is 0. The Labute approximate surface area is 113 Å². The van der Waals surface area contributed by atoms with Crippen LogP contribution >= 0.6 is 0 Å². The summed E-state index contributed by atoms with van der Waals surface area (Å²) in [6.07, 6.45) is 8.70. The van der Waals surface area contributed by atoms with E-state index in [-0.39, 0.29) is 11.7 Å². The van der Waals surface area contributed by atoms with E-state index in [0.717, 1.165) is 24.0 Å². The number of carbonyl (C=O) groups is 1. The normalized spacial score (nSPS) is 26.5. The lowest BCUT2D eigenvalue weighted by atomic mass is 9.88. The summed E-state index contributed by atoms with van der Waals surface area (Å²) in [5, 5.41) is 0. The maximum Gasteiger partial charge on any atom is 0.162 e. The molecule has 1 nitrogen and oxygen atoms in total. The average Bonchev–Trinajstić information content (AvgIpc) is 3.01. The molecule has 3 rings (SSSR count). The SMILES string of the molecule is O=C1/C(=C/c2cccc(F)c2)CCC1C1CCCC1. The predicted molar refractivity (Wildman–Crippen MR) is 74.1 cm³/mol. The maximum absolute atomic E-state index is 13.1. The first-order valence-electron chi connectivity index (χ1n) is 7.24. The Bertz CT molecular complexity index is 512. The van der Waals surface area contributed by atoms with Gasteiger partial charge in [0.25, 0.3) is 0 Å². The molecule has 0 aliphatic heterocycles. The van der Waals surface area contributed by atoms with Crippen molar-refractivity contribution < 1.29 is 9.18 Å². The molecular formula is C17H19FO. The van der Waals surface area contributed by atoms with Gasteiger partial charge < -0.3 is 0 Å². The standard InChI is InChI=1S/C17H19FO/c18-15-7-3-4-12(11-15)10-14-8-9-16(17(14)19)13-5-1-2-6-13/h3-4,7,10-11,13,16H,1-2,5-6,8-9H2/b14-10+. The van der Waals surface area contributed by atoms with Crippen molar-refractivity contribution in [3.05, 3.63) is 41.2 Å². The van der Waals surface area contributed by atoms with Crippen LogP contribution in [0.1, 0.15) is 44.1 Å². The van der Waals surface area contributed by atoms with Crippen molar-refractivity contribution in [2.24, 2.45) is 11.8 Å². The van der Waals surface area contributed by atoms with E-state index in [2.05, 4.69) is 0 Å². The van der Waals surface area contributed by atoms with Crippen LogP contribution in [-0.2, 0) is 4.79 Å². The molecule has 100 valence electrons. The Morgan fingerprint density at radius 2 is 1.95 bits per heavy atom. The van der Waals surface area contributed by atoms with Crippen molar-refractivity contribution >= 4 is 11.9 Å². The number of hydrogen-bond donors (Lipinski definition) is 0. The smallest absolute Gasteiger partial charge is 0.162 e. The van der Waals surface area contributed by atoms with E-state index in [1.165, 1.54) is 37.8 Å². The first-order valence-corrected chi connectivity index (χ1v) is 7.24. The van der Waals surface area contributed by atoms with E-state index in [1.54, 1.807) is 6.07 Å². The van der Waals surface area contributed by atoms with E-state index in [0.29, 0.717) is 11.7 Å². The zero-order chi connectivity index (χ0) is 13.2. The molecular weight excluding hydrogens is 239 g/mol. The third-order valence-corrected chi connectivity index (χ3v) is 4.54. The van der Waals surface area contributed by atoms with Crippen molar-refractivity contribution in [2.45, 2.75) is 38.5 Å². The summed E-state index contributed by atoms with van der Waals surface area (Å²) in [6.45, 7) is 0. The van der Waals surface area contributed by atoms with E-state index < -0.39 is 0 Å². The summed E-state index contributed by atoms with van der Waals surface area (Å²) < 4.78 is 13.1. The Kier molecular flexibility index (Phi) is 3.50. The molecule has 2 aliphatic rings. The van der Waals surface area contributed by atoms with Gasteiger partial charge >= 0.3 is 0 Å². The molecule has 0 amide bonds. The van der Waals surface area contributed by atoms with Crippen molar-refractivity contribution in [1.82, 2.24) is 0 Å². The van der Waals surface area contributed by atoms with Gasteiger partial charge in [0.2, 0.25) is 0 Å². The molecule has 0 aromatic heterocycles. The van der Waals surface area contributed by atoms with Crippen LogP contribution in [0.3, 0.4) is 0 Å². The second-order valence-corrected chi connectivity index (χ2v) is 5.78. The van der Waals surface area contributed by atoms with Crippen LogP contribution < -0.4 is 0 Å². The number of halogens is 1. The summed E-state index contributed by atoms with van der Waals surface area (Å²) in [5.41, 5.74) is 1.69. The van der Waals surface area contributed by atoms with Gasteiger partial charge in [-0.05, 0) is 60.9 Å². The molecule has 19 heavy (non-hydrogen) atoms. The molecule has 0 bridgehead atoms. The van der Waals surface area contributed by atoms with E-state index >= 15 is 0 Å². The molecule has 1 aromatic carbocycles. The molecule has 2 aliphatic carbocycles. The van der Waals surface area contributed by atoms with Crippen LogP contribution in [0.4, 0.5) is 4.39 Å². The summed E-state index contributed by atoms with van der Waals surface area (Å²) in [5.74, 6) is 0.913. The molecule has 2 heteroatoms. The Morgan fingerprint density at radius 3 is 2.68 bits per heavy atom. The monoisotopic (exact) mass is 258 g/mol. The zero-order valence-electron chi connectivity index (χ0n) is 11.1. The fourth-order valence-corrected chi connectivity index (χ4v) is 3.55. The molecule has 1 aromatic rings. The lowest BCUT2D eigenvalue weighted by Crippen LogP contribution is -2.16. The predicted octanol–water partition coefficient (Wildman–Crippen LogP) is 4.38. The van der Waals surface area contributed by atoms with Crippen molar-refractivity contribution in [3.8, 4) is 0 Å². The number of hydrogen-bond acceptors (Lipinski definition) is 1. The molecule has 0 saturated heterocycles. The molecule has 2 fully saturated rings. The van der Waals surface area contributed by atoms with Crippen LogP contribution in [0.5, 0.6) is 0 Å². The van der Waals surface area contributed by atoms with E-state index in [4.69, 9.17) is 0 Å². The Balaban J connectivity index is 1.77. The van der Waals surface area contributed by atoms with E-state index in [1.807, 2.05) is 12.1 Å². The fraction of sp³-hybridized carbons (Fsp3) is 0.471. The summed E-state index contributed by atoms with van der Waals surface area (Å²) in [6, 6.07) is 6.46. The topological polar surface area (TPSA) is 17.1 Å². The van der Waals surface area contributed by atoms with Gasteiger partial charge in [0.1, 0.15) is 5.82 Å². The molecule has 1 unspecified atom stereocenters. The van der Waals surface area contributed by atoms with Gasteiger partial charge in [-0.2, -0.15) is 0 Å². The first-order chi connectivity index (χ1) is 9.24. The largest absolute Gasteiger partial charge is 0.294 e. The fourth-order valence-electron chi connectivity index (χ4n) is 3.55. The molecule has 2 saturated carbocycles. The highest BCUT2D eigenvalue weighted by atomic mass is 19.1. The van der Waals surface area contributed by atoms with Gasteiger partial charge in [0.15, 0.2) is 5.78 Å². The van der Waals surface area contributed by atoms with Gasteiger partial charge in [-0.3, -0.25) is 4.79 Å². The molecule has 0 heterocycles. The zero-order valence-corrected chi connectivity index (χ0v) is 11.1. The van der Waals surface area contributed by atoms with Crippen LogP contribution in [0, 0.1) is 17.7 Å². The van der Waals surface area contributed by atoms with Gasteiger partial charge in [-0.15, -0.1) is 0 Å². The minimum atomic E-state index is -0.243. The summed E-state index contributed by atoms with van der Waals surface area (Å²) in [4.78, 5) is 12.4. The third-order valence-electron chi connectivity index (χ3n) is 4.54. The number of ketones is 1. The minimum absolute atomic E-state index is 0.238. The van der Waals surface area contributed by atoms with Crippen LogP contribution in [0.25, 0.3) is 6.08 Å². The number of allylic oxidation sites excluding steroid dienone is 1. The molecule has 1 atom stereocenters. The van der Waals surface area contributed by atoms with Gasteiger partial charge in [0.05, 0.1) is 0 Å². The lowest BCUT2D eigenvalue weighted by Gasteiger charge is -2.15. The van der Waals surface area contributed by atoms with Gasteiger partial charge in [-0.1, -0.05) is 25.0 Å². The van der Waals surface area contributed by atoms with Crippen molar-refractivity contribution in [3.63, 3.8) is 0 Å². The number of carbonyl (C=O) groups excluding carboxylic acids is 1. The summed E-state index contributed by atoms with van der Waals surface area (Å²) in [7, 11) is 0. The quantitative estimate of drug-likeness (QED) is 0.719. The van der Waals surface area contributed by atoms with Crippen LogP contribution in [-0.4, -0.2) is 5.78 Å². The number of benzene rings is 1. The number of Topliss-reactive ketones (excluding diaryl/α,β-unsaturated/α-hetero) is 1. The average molecular weight is 258 g/mol. The highest BCUT2D eigenvalue weighted by Gasteiger charge is 2.36. The Morgan fingerprint density at radius 1 is 1.16 bits per heavy atom. The molecule has 0 radical (unpaired) electrons.